The number of aliphatic hydroxyl groups excluding tert-OH is 5. The SMILES string of the molecule is COC1/C=C/OC2(C)Oc3c(C)c(O)c4c(O)c(c(/C=N/n5cnc6c(ncn6C6OC(CO)C(O)C6O)c5=O)c(O)c4c3C2=O)NC(=O)/C(C)=C/C=C/C(C)C(O)C(C)C(O)C(C)C(OC(C)=O)C1C. The molecule has 0 saturated carbocycles. The number of nitrogens with zero attached hydrogens (tertiary/aromatic N) is 5. The Bertz CT molecular complexity index is 2940. The van der Waals surface area contributed by atoms with Gasteiger partial charge in [-0.25, -0.2) is 9.97 Å². The maximum absolute atomic E-state index is 14.6. The maximum Gasteiger partial charge on any atom is 0.312 e. The predicted octanol–water partition coefficient (Wildman–Crippen LogP) is 2.15. The number of fused-ring (bicyclic) bond motifs is 15. The summed E-state index contributed by atoms with van der Waals surface area (Å²) in [7, 11) is 1.39. The van der Waals surface area contributed by atoms with Crippen molar-refractivity contribution in [2.75, 3.05) is 19.0 Å². The highest BCUT2D eigenvalue weighted by molar-refractivity contribution is 6.24. The molecule has 2 aromatic heterocycles. The number of ether oxygens (including phenoxy) is 5. The van der Waals surface area contributed by atoms with Gasteiger partial charge in [-0.3, -0.25) is 23.7 Å². The number of rotatable bonds is 6. The molecule has 4 aromatic rings. The van der Waals surface area contributed by atoms with Crippen LogP contribution in [0.4, 0.5) is 5.69 Å². The molecule has 5 bridgehead atoms. The van der Waals surface area contributed by atoms with Crippen LogP contribution in [0.5, 0.6) is 23.0 Å². The lowest BCUT2D eigenvalue weighted by Crippen LogP contribution is -2.46. The molecule has 13 unspecified atom stereocenters. The highest BCUT2D eigenvalue weighted by Crippen LogP contribution is 2.55. The number of anilines is 1. The molecule has 2 aromatic carbocycles. The van der Waals surface area contributed by atoms with Crippen LogP contribution in [0.25, 0.3) is 21.9 Å². The zero-order chi connectivity index (χ0) is 52.1. The molecule has 382 valence electrons. The Morgan fingerprint density at radius 3 is 2.27 bits per heavy atom. The molecule has 1 amide bonds. The molecular formula is C48H58N6O17. The van der Waals surface area contributed by atoms with Crippen LogP contribution in [0.1, 0.15) is 76.2 Å². The fourth-order valence-electron chi connectivity index (χ4n) is 9.27. The summed E-state index contributed by atoms with van der Waals surface area (Å²) in [6.07, 6.45) is 0.425. The Kier molecular flexibility index (Phi) is 14.8. The molecule has 1 saturated heterocycles. The van der Waals surface area contributed by atoms with Gasteiger partial charge in [-0.1, -0.05) is 45.9 Å². The molecule has 0 spiro atoms. The fraction of sp³-hybridized carbons (Fsp3) is 0.479. The zero-order valence-corrected chi connectivity index (χ0v) is 40.2. The van der Waals surface area contributed by atoms with Crippen molar-refractivity contribution in [3.8, 4) is 23.0 Å². The molecule has 71 heavy (non-hydrogen) atoms. The van der Waals surface area contributed by atoms with Crippen LogP contribution in [-0.2, 0) is 28.5 Å². The molecule has 23 nitrogen and oxygen atoms in total. The number of amides is 1. The maximum atomic E-state index is 14.6. The summed E-state index contributed by atoms with van der Waals surface area (Å²) < 4.78 is 31.0. The zero-order valence-electron chi connectivity index (χ0n) is 40.2. The summed E-state index contributed by atoms with van der Waals surface area (Å²) in [4.78, 5) is 63.1. The average Bonchev–Trinajstić information content (AvgIpc) is 3.98. The number of benzene rings is 2. The number of phenols is 3. The van der Waals surface area contributed by atoms with Gasteiger partial charge >= 0.3 is 17.3 Å². The molecule has 23 heteroatoms. The van der Waals surface area contributed by atoms with Crippen molar-refractivity contribution < 1.29 is 78.9 Å². The van der Waals surface area contributed by atoms with Crippen LogP contribution < -0.4 is 15.6 Å². The van der Waals surface area contributed by atoms with E-state index in [0.717, 1.165) is 25.1 Å². The van der Waals surface area contributed by atoms with Gasteiger partial charge < -0.3 is 69.9 Å². The minimum Gasteiger partial charge on any atom is -0.507 e. The normalized spacial score (nSPS) is 32.5. The number of aliphatic hydroxyl groups is 5. The molecule has 9 N–H and O–H groups in total. The van der Waals surface area contributed by atoms with Crippen LogP contribution in [0, 0.1) is 30.6 Å². The number of carbonyl (C=O) groups is 3. The molecule has 4 aliphatic heterocycles. The lowest BCUT2D eigenvalue weighted by atomic mass is 9.78. The number of aromatic nitrogens is 4. The first-order valence-electron chi connectivity index (χ1n) is 22.7. The summed E-state index contributed by atoms with van der Waals surface area (Å²) >= 11 is 0. The molecule has 1 fully saturated rings. The Hall–Kier alpha value is -6.73. The third kappa shape index (κ3) is 9.25. The summed E-state index contributed by atoms with van der Waals surface area (Å²) in [5, 5.41) is 95.3. The average molecular weight is 991 g/mol. The van der Waals surface area contributed by atoms with E-state index in [0.29, 0.717) is 4.68 Å². The first-order valence-corrected chi connectivity index (χ1v) is 22.7. The predicted molar refractivity (Wildman–Crippen MR) is 252 cm³/mol. The van der Waals surface area contributed by atoms with Crippen LogP contribution in [0.3, 0.4) is 0 Å². The Morgan fingerprint density at radius 1 is 0.915 bits per heavy atom. The standard InChI is InChI=1S/C48H58N6O17/c1-19-11-10-12-20(2)45(65)52-32-26(15-51-54-18-50-44-33(46(54)66)49-17-53(44)47-40(63)38(61)28(16-55)70-47)37(60)29-30(39(32)62)36(59)24(6)42-31(29)43(64)48(8,71-42)68-14-13-27(67-9)21(3)41(69-25(7)56)23(5)35(58)22(4)34(19)57/h10-15,17-19,21-23,27-28,34-35,38,40-41,47,55,57-63H,16H2,1-9H3,(H,52,65)/b11-10+,14-13+,20-12+,51-15+. The van der Waals surface area contributed by atoms with Crippen molar-refractivity contribution >= 4 is 51.5 Å². The molecule has 6 heterocycles. The van der Waals surface area contributed by atoms with E-state index < -0.39 is 148 Å². The van der Waals surface area contributed by atoms with Crippen molar-refractivity contribution in [1.29, 1.82) is 0 Å². The van der Waals surface area contributed by atoms with Gasteiger partial charge in [0.05, 0.1) is 65.9 Å². The lowest BCUT2D eigenvalue weighted by Gasteiger charge is -2.38. The van der Waals surface area contributed by atoms with Gasteiger partial charge in [0.2, 0.25) is 0 Å². The van der Waals surface area contributed by atoms with Gasteiger partial charge in [0.1, 0.15) is 48.0 Å². The van der Waals surface area contributed by atoms with Crippen molar-refractivity contribution in [3.05, 3.63) is 75.8 Å². The number of allylic oxidation sites excluding steroid dienone is 2. The molecule has 13 atom stereocenters. The number of methoxy groups -OCH3 is 1. The van der Waals surface area contributed by atoms with Crippen molar-refractivity contribution in [1.82, 2.24) is 19.2 Å². The number of ketones is 1. The van der Waals surface area contributed by atoms with E-state index in [4.69, 9.17) is 23.7 Å². The summed E-state index contributed by atoms with van der Waals surface area (Å²) in [6.45, 7) is 11.4. The van der Waals surface area contributed by atoms with Crippen LogP contribution >= 0.6 is 0 Å². The second-order valence-corrected chi connectivity index (χ2v) is 18.3. The molecular weight excluding hydrogens is 933 g/mol. The quantitative estimate of drug-likeness (QED) is 0.0578. The van der Waals surface area contributed by atoms with Gasteiger partial charge in [-0.05, 0) is 19.9 Å². The van der Waals surface area contributed by atoms with E-state index in [1.165, 1.54) is 57.6 Å². The monoisotopic (exact) mass is 990 g/mol. The summed E-state index contributed by atoms with van der Waals surface area (Å²) in [5.74, 6) is -9.90. The third-order valence-corrected chi connectivity index (χ3v) is 13.6. The van der Waals surface area contributed by atoms with E-state index in [2.05, 4.69) is 20.4 Å². The number of phenolic OH excluding ortho intramolecular Hbond substituents is 3. The number of carbonyl (C=O) groups excluding carboxylic acids is 3. The second-order valence-electron chi connectivity index (χ2n) is 18.3. The largest absolute Gasteiger partial charge is 0.507 e. The van der Waals surface area contributed by atoms with Crippen molar-refractivity contribution in [3.63, 3.8) is 0 Å². The van der Waals surface area contributed by atoms with E-state index in [1.807, 2.05) is 0 Å². The van der Waals surface area contributed by atoms with Crippen LogP contribution in [0.15, 0.2) is 58.7 Å². The van der Waals surface area contributed by atoms with Gasteiger partial charge in [0.15, 0.2) is 23.1 Å². The topological polar surface area (TPSA) is 336 Å². The highest BCUT2D eigenvalue weighted by atomic mass is 16.7. The minimum absolute atomic E-state index is 0.0291. The number of esters is 1. The number of nitrogens with one attached hydrogen (secondary N) is 1. The van der Waals surface area contributed by atoms with Crippen LogP contribution in [0.2, 0.25) is 0 Å². The van der Waals surface area contributed by atoms with Gasteiger partial charge in [-0.2, -0.15) is 9.78 Å². The Balaban J connectivity index is 1.38. The van der Waals surface area contributed by atoms with Gasteiger partial charge in [0.25, 0.3) is 11.7 Å². The first kappa shape index (κ1) is 52.1. The summed E-state index contributed by atoms with van der Waals surface area (Å²) in [6, 6.07) is 0. The molecule has 8 rings (SSSR count). The fourth-order valence-corrected chi connectivity index (χ4v) is 9.27. The number of aromatic hydroxyl groups is 3. The number of imidazole rings is 1. The minimum atomic E-state index is -2.19. The molecule has 0 radical (unpaired) electrons. The first-order chi connectivity index (χ1) is 33.5. The molecule has 4 aliphatic rings. The second kappa shape index (κ2) is 20.2. The third-order valence-electron chi connectivity index (χ3n) is 13.6. The van der Waals surface area contributed by atoms with E-state index >= 15 is 0 Å². The summed E-state index contributed by atoms with van der Waals surface area (Å²) in [5.41, 5.74) is -2.67. The van der Waals surface area contributed by atoms with Crippen LogP contribution in [-0.4, -0.2) is 146 Å². The van der Waals surface area contributed by atoms with Gasteiger partial charge in [0, 0.05) is 61.2 Å². The van der Waals surface area contributed by atoms with E-state index in [1.54, 1.807) is 33.8 Å². The van der Waals surface area contributed by atoms with Gasteiger partial charge in [-0.15, -0.1) is 0 Å². The lowest BCUT2D eigenvalue weighted by molar-refractivity contribution is -0.160. The molecule has 0 aliphatic carbocycles. The van der Waals surface area contributed by atoms with Crippen molar-refractivity contribution in [2.24, 2.45) is 28.8 Å². The highest BCUT2D eigenvalue weighted by Gasteiger charge is 2.50. The number of hydrogen-bond donors (Lipinski definition) is 9. The van der Waals surface area contributed by atoms with E-state index in [-0.39, 0.29) is 33.6 Å². The number of hydrogen-bond acceptors (Lipinski definition) is 20. The number of Topliss-reactive ketones (excluding diaryl/α,β-unsaturated/α-hetero) is 1. The van der Waals surface area contributed by atoms with Crippen molar-refractivity contribution in [2.45, 2.75) is 110 Å². The Morgan fingerprint density at radius 2 is 1.62 bits per heavy atom. The van der Waals surface area contributed by atoms with E-state index in [9.17, 15) is 60.0 Å². The smallest absolute Gasteiger partial charge is 0.312 e. The Labute approximate surface area is 405 Å².